The number of nitrogens with one attached hydrogen (secondary N) is 1. The van der Waals surface area contributed by atoms with Gasteiger partial charge in [-0.25, -0.2) is 5.43 Å². The number of benzene rings is 2. The number of nitrogens with zero attached hydrogens (tertiary/aromatic N) is 2. The van der Waals surface area contributed by atoms with Crippen LogP contribution in [0, 0.1) is 10.1 Å². The van der Waals surface area contributed by atoms with Gasteiger partial charge in [-0.2, -0.15) is 5.10 Å². The van der Waals surface area contributed by atoms with Gasteiger partial charge in [0.25, 0.3) is 11.6 Å². The van der Waals surface area contributed by atoms with Crippen molar-refractivity contribution < 1.29 is 14.5 Å². The molecule has 0 unspecified atom stereocenters. The largest absolute Gasteiger partial charge is 0.484 e. The minimum atomic E-state index is -0.503. The molecule has 0 aliphatic carbocycles. The van der Waals surface area contributed by atoms with E-state index in [1.54, 1.807) is 11.8 Å². The van der Waals surface area contributed by atoms with Gasteiger partial charge in [0.1, 0.15) is 5.75 Å². The zero-order chi connectivity index (χ0) is 17.4. The van der Waals surface area contributed by atoms with Crippen LogP contribution in [-0.4, -0.2) is 29.9 Å². The molecular weight excluding hydrogens is 330 g/mol. The average molecular weight is 345 g/mol. The predicted molar refractivity (Wildman–Crippen MR) is 92.6 cm³/mol. The summed E-state index contributed by atoms with van der Waals surface area (Å²) in [6.07, 6.45) is 3.53. The van der Waals surface area contributed by atoms with Crippen LogP contribution in [-0.2, 0) is 4.79 Å². The Morgan fingerprint density at radius 2 is 1.92 bits per heavy atom. The number of hydrogen-bond donors (Lipinski definition) is 1. The van der Waals surface area contributed by atoms with E-state index in [4.69, 9.17) is 4.74 Å². The Bertz CT molecular complexity index is 730. The molecule has 0 aliphatic heterocycles. The molecule has 0 heterocycles. The lowest BCUT2D eigenvalue weighted by Crippen LogP contribution is -2.24. The molecule has 0 fully saturated rings. The summed E-state index contributed by atoms with van der Waals surface area (Å²) in [6.45, 7) is -0.236. The van der Waals surface area contributed by atoms with E-state index in [1.807, 2.05) is 30.5 Å². The average Bonchev–Trinajstić information content (AvgIpc) is 2.61. The van der Waals surface area contributed by atoms with Crippen molar-refractivity contribution in [1.29, 1.82) is 0 Å². The van der Waals surface area contributed by atoms with Gasteiger partial charge in [0.05, 0.1) is 11.1 Å². The van der Waals surface area contributed by atoms with E-state index < -0.39 is 10.8 Å². The van der Waals surface area contributed by atoms with Crippen molar-refractivity contribution in [2.45, 2.75) is 4.90 Å². The Morgan fingerprint density at radius 1 is 1.25 bits per heavy atom. The molecule has 2 aromatic carbocycles. The van der Waals surface area contributed by atoms with E-state index in [9.17, 15) is 14.9 Å². The molecule has 8 heteroatoms. The van der Waals surface area contributed by atoms with E-state index >= 15 is 0 Å². The molecule has 2 aromatic rings. The van der Waals surface area contributed by atoms with E-state index in [0.717, 1.165) is 10.5 Å². The lowest BCUT2D eigenvalue weighted by molar-refractivity contribution is -0.384. The van der Waals surface area contributed by atoms with Gasteiger partial charge in [-0.05, 0) is 36.1 Å². The van der Waals surface area contributed by atoms with Crippen LogP contribution in [0.25, 0.3) is 0 Å². The standard InChI is InChI=1S/C16H15N3O4S/c1-24-15-8-2-12(3-9-15)10-17-18-16(20)11-23-14-6-4-13(5-7-14)19(21)22/h2-10H,11H2,1H3,(H,18,20)/b17-10-. The lowest BCUT2D eigenvalue weighted by Gasteiger charge is -2.04. The third-order valence-electron chi connectivity index (χ3n) is 2.94. The lowest BCUT2D eigenvalue weighted by atomic mass is 10.2. The van der Waals surface area contributed by atoms with Crippen molar-refractivity contribution in [2.24, 2.45) is 5.10 Å². The highest BCUT2D eigenvalue weighted by atomic mass is 32.2. The molecule has 7 nitrogen and oxygen atoms in total. The van der Waals surface area contributed by atoms with Crippen LogP contribution in [0.5, 0.6) is 5.75 Å². The molecule has 0 spiro atoms. The molecule has 0 radical (unpaired) electrons. The molecule has 1 amide bonds. The minimum absolute atomic E-state index is 0.0381. The number of hydrazone groups is 1. The van der Waals surface area contributed by atoms with E-state index in [1.165, 1.54) is 30.5 Å². The quantitative estimate of drug-likeness (QED) is 0.360. The van der Waals surface area contributed by atoms with Crippen molar-refractivity contribution in [1.82, 2.24) is 5.43 Å². The molecule has 0 saturated heterocycles. The predicted octanol–water partition coefficient (Wildman–Crippen LogP) is 2.85. The summed E-state index contributed by atoms with van der Waals surface area (Å²) in [7, 11) is 0. The molecule has 2 rings (SSSR count). The van der Waals surface area contributed by atoms with Crippen LogP contribution in [0.3, 0.4) is 0 Å². The van der Waals surface area contributed by atoms with E-state index in [2.05, 4.69) is 10.5 Å². The molecular formula is C16H15N3O4S. The fraction of sp³-hybridized carbons (Fsp3) is 0.125. The van der Waals surface area contributed by atoms with Crippen LogP contribution in [0.4, 0.5) is 5.69 Å². The molecule has 0 bridgehead atoms. The number of rotatable bonds is 7. The van der Waals surface area contributed by atoms with Crippen molar-refractivity contribution in [2.75, 3.05) is 12.9 Å². The monoisotopic (exact) mass is 345 g/mol. The van der Waals surface area contributed by atoms with Crippen molar-refractivity contribution >= 4 is 29.6 Å². The van der Waals surface area contributed by atoms with Crippen LogP contribution in [0.2, 0.25) is 0 Å². The van der Waals surface area contributed by atoms with Crippen LogP contribution < -0.4 is 10.2 Å². The van der Waals surface area contributed by atoms with Gasteiger partial charge in [-0.3, -0.25) is 14.9 Å². The number of carbonyl (C=O) groups excluding carboxylic acids is 1. The maximum absolute atomic E-state index is 11.6. The second-order valence-corrected chi connectivity index (χ2v) is 5.49. The first-order valence-corrected chi connectivity index (χ1v) is 8.14. The summed E-state index contributed by atoms with van der Waals surface area (Å²) in [5.41, 5.74) is 3.18. The maximum atomic E-state index is 11.6. The van der Waals surface area contributed by atoms with Crippen LogP contribution >= 0.6 is 11.8 Å². The first kappa shape index (κ1) is 17.5. The Balaban J connectivity index is 1.78. The van der Waals surface area contributed by atoms with Crippen LogP contribution in [0.15, 0.2) is 58.5 Å². The van der Waals surface area contributed by atoms with E-state index in [-0.39, 0.29) is 12.3 Å². The minimum Gasteiger partial charge on any atom is -0.484 e. The zero-order valence-electron chi connectivity index (χ0n) is 12.8. The SMILES string of the molecule is CSc1ccc(/C=N\NC(=O)COc2ccc([N+](=O)[O-])cc2)cc1. The number of amides is 1. The number of ether oxygens (including phenoxy) is 1. The highest BCUT2D eigenvalue weighted by Gasteiger charge is 2.06. The van der Waals surface area contributed by atoms with Crippen molar-refractivity contribution in [3.05, 3.63) is 64.2 Å². The Labute approximate surface area is 142 Å². The highest BCUT2D eigenvalue weighted by Crippen LogP contribution is 2.17. The first-order chi connectivity index (χ1) is 11.6. The smallest absolute Gasteiger partial charge is 0.277 e. The number of thioether (sulfide) groups is 1. The third-order valence-corrected chi connectivity index (χ3v) is 3.68. The molecule has 1 N–H and O–H groups in total. The van der Waals surface area contributed by atoms with Gasteiger partial charge in [0.2, 0.25) is 0 Å². The van der Waals surface area contributed by atoms with Gasteiger partial charge >= 0.3 is 0 Å². The topological polar surface area (TPSA) is 93.8 Å². The fourth-order valence-electron chi connectivity index (χ4n) is 1.71. The number of nitro groups is 1. The molecule has 124 valence electrons. The van der Waals surface area contributed by atoms with Gasteiger partial charge in [0, 0.05) is 17.0 Å². The van der Waals surface area contributed by atoms with Gasteiger partial charge in [-0.1, -0.05) is 12.1 Å². The number of nitro benzene ring substituents is 1. The second-order valence-electron chi connectivity index (χ2n) is 4.61. The molecule has 0 aromatic heterocycles. The normalized spacial score (nSPS) is 10.5. The number of non-ortho nitro benzene ring substituents is 1. The third kappa shape index (κ3) is 5.40. The van der Waals surface area contributed by atoms with Crippen molar-refractivity contribution in [3.8, 4) is 5.75 Å². The summed E-state index contributed by atoms with van der Waals surface area (Å²) in [5.74, 6) is -0.0577. The second kappa shape index (κ2) is 8.68. The molecule has 0 atom stereocenters. The maximum Gasteiger partial charge on any atom is 0.277 e. The highest BCUT2D eigenvalue weighted by molar-refractivity contribution is 7.98. The summed E-state index contributed by atoms with van der Waals surface area (Å²) < 4.78 is 5.22. The Kier molecular flexibility index (Phi) is 6.32. The first-order valence-electron chi connectivity index (χ1n) is 6.91. The Morgan fingerprint density at radius 3 is 2.50 bits per heavy atom. The molecule has 0 aliphatic rings. The van der Waals surface area contributed by atoms with Gasteiger partial charge in [0.15, 0.2) is 6.61 Å². The van der Waals surface area contributed by atoms with E-state index in [0.29, 0.717) is 5.75 Å². The van der Waals surface area contributed by atoms with Crippen molar-refractivity contribution in [3.63, 3.8) is 0 Å². The Hall–Kier alpha value is -2.87. The van der Waals surface area contributed by atoms with Gasteiger partial charge < -0.3 is 4.74 Å². The fourth-order valence-corrected chi connectivity index (χ4v) is 2.12. The number of carbonyl (C=O) groups is 1. The van der Waals surface area contributed by atoms with Crippen LogP contribution in [0.1, 0.15) is 5.56 Å². The summed E-state index contributed by atoms with van der Waals surface area (Å²) in [4.78, 5) is 22.8. The van der Waals surface area contributed by atoms with Gasteiger partial charge in [-0.15, -0.1) is 11.8 Å². The zero-order valence-corrected chi connectivity index (χ0v) is 13.7. The number of hydrogen-bond acceptors (Lipinski definition) is 6. The summed E-state index contributed by atoms with van der Waals surface area (Å²) >= 11 is 1.65. The summed E-state index contributed by atoms with van der Waals surface area (Å²) in [6, 6.07) is 13.2. The summed E-state index contributed by atoms with van der Waals surface area (Å²) in [5, 5.41) is 14.4. The molecule has 24 heavy (non-hydrogen) atoms. The molecule has 0 saturated carbocycles.